The predicted molar refractivity (Wildman–Crippen MR) is 217 cm³/mol. The third kappa shape index (κ3) is 7.60. The van der Waals surface area contributed by atoms with Crippen molar-refractivity contribution in [2.24, 2.45) is 0 Å². The maximum atomic E-state index is 13.5. The summed E-state index contributed by atoms with van der Waals surface area (Å²) < 4.78 is 8.34. The molecule has 2 aliphatic rings. The number of amides is 2. The molecule has 56 heavy (non-hydrogen) atoms. The Morgan fingerprint density at radius 1 is 0.875 bits per heavy atom. The predicted octanol–water partition coefficient (Wildman–Crippen LogP) is 5.09. The monoisotopic (exact) mass is 743 g/mol. The van der Waals surface area contributed by atoms with Gasteiger partial charge in [0.1, 0.15) is 37.6 Å². The van der Waals surface area contributed by atoms with E-state index < -0.39 is 11.9 Å². The molecule has 0 unspecified atom stereocenters. The molecule has 4 aromatic carbocycles. The zero-order valence-electron chi connectivity index (χ0n) is 31.1. The fraction of sp³-hybridized carbons (Fsp3) is 0.136. The number of anilines is 4. The smallest absolute Gasteiger partial charge is 0.251 e. The van der Waals surface area contributed by atoms with Crippen molar-refractivity contribution in [2.75, 3.05) is 50.3 Å². The number of carbonyl (C=O) groups is 3. The summed E-state index contributed by atoms with van der Waals surface area (Å²) in [4.78, 5) is 49.7. The number of nitrogens with zero attached hydrogens (tertiary/aromatic N) is 4. The Kier molecular flexibility index (Phi) is 10.2. The van der Waals surface area contributed by atoms with Crippen LogP contribution in [0.5, 0.6) is 0 Å². The van der Waals surface area contributed by atoms with E-state index in [0.717, 1.165) is 22.3 Å². The Labute approximate surface area is 322 Å². The quantitative estimate of drug-likeness (QED) is 0.0987. The van der Waals surface area contributed by atoms with Gasteiger partial charge in [0.05, 0.1) is 17.6 Å². The Morgan fingerprint density at radius 3 is 2.48 bits per heavy atom. The number of terminal acetylenes is 1. The van der Waals surface area contributed by atoms with Crippen molar-refractivity contribution in [3.8, 4) is 34.8 Å². The van der Waals surface area contributed by atoms with Crippen LogP contribution in [0.15, 0.2) is 108 Å². The molecule has 12 nitrogen and oxygen atoms in total. The van der Waals surface area contributed by atoms with Gasteiger partial charge in [0.2, 0.25) is 11.3 Å². The second-order valence-corrected chi connectivity index (χ2v) is 13.5. The highest BCUT2D eigenvalue weighted by molar-refractivity contribution is 6.09. The molecule has 7 rings (SSSR count). The van der Waals surface area contributed by atoms with Gasteiger partial charge in [-0.25, -0.2) is 14.5 Å². The number of carboxylic acid groups (broad SMARTS) is 1. The van der Waals surface area contributed by atoms with Gasteiger partial charge in [-0.2, -0.15) is 0 Å². The van der Waals surface area contributed by atoms with Gasteiger partial charge in [0.15, 0.2) is 0 Å². The molecule has 0 fully saturated rings. The van der Waals surface area contributed by atoms with Gasteiger partial charge < -0.3 is 35.2 Å². The molecule has 3 N–H and O–H groups in total. The summed E-state index contributed by atoms with van der Waals surface area (Å²) in [5, 5.41) is 23.7. The van der Waals surface area contributed by atoms with Crippen molar-refractivity contribution in [3.63, 3.8) is 0 Å². The summed E-state index contributed by atoms with van der Waals surface area (Å²) in [5.41, 5.74) is 5.79. The van der Waals surface area contributed by atoms with Crippen molar-refractivity contribution in [3.05, 3.63) is 125 Å². The molecular weight excluding hydrogens is 707 g/mol. The number of aromatic carboxylic acids is 1. The number of carbonyl (C=O) groups excluding carboxylic acids is 3. The number of carboxylic acids is 1. The highest BCUT2D eigenvalue weighted by Crippen LogP contribution is 2.42. The Hall–Kier alpha value is -7.52. The fourth-order valence-electron chi connectivity index (χ4n) is 6.46. The molecule has 12 heteroatoms. The first kappa shape index (κ1) is 36.8. The van der Waals surface area contributed by atoms with Crippen LogP contribution in [0.1, 0.15) is 32.7 Å². The van der Waals surface area contributed by atoms with Gasteiger partial charge in [0, 0.05) is 94.8 Å². The summed E-state index contributed by atoms with van der Waals surface area (Å²) >= 11 is 0. The number of fused-ring (bicyclic) bond motifs is 3. The Balaban J connectivity index is 1.12. The molecular formula is C44H37N7O5. The molecule has 1 aliphatic carbocycles. The molecule has 0 radical (unpaired) electrons. The molecule has 1 aromatic heterocycles. The van der Waals surface area contributed by atoms with Crippen molar-refractivity contribution < 1.29 is 23.9 Å². The summed E-state index contributed by atoms with van der Waals surface area (Å²) in [7, 11) is 7.68. The van der Waals surface area contributed by atoms with Crippen LogP contribution in [0.25, 0.3) is 44.3 Å². The van der Waals surface area contributed by atoms with Crippen LogP contribution in [-0.2, 0) is 4.79 Å². The van der Waals surface area contributed by atoms with E-state index in [9.17, 15) is 19.5 Å². The Bertz CT molecular complexity index is 2780. The maximum Gasteiger partial charge on any atom is 0.251 e. The number of hydrogen-bond donors (Lipinski definition) is 3. The van der Waals surface area contributed by atoms with E-state index in [-0.39, 0.29) is 30.0 Å². The summed E-state index contributed by atoms with van der Waals surface area (Å²) in [6, 6.07) is 28.4. The molecule has 0 saturated carbocycles. The van der Waals surface area contributed by atoms with Gasteiger partial charge >= 0.3 is 0 Å². The number of hydrogen-bond acceptors (Lipinski definition) is 9. The van der Waals surface area contributed by atoms with Gasteiger partial charge in [-0.1, -0.05) is 18.1 Å². The Morgan fingerprint density at radius 2 is 1.71 bits per heavy atom. The van der Waals surface area contributed by atoms with E-state index in [0.29, 0.717) is 55.8 Å². The summed E-state index contributed by atoms with van der Waals surface area (Å²) in [6.07, 6.45) is 6.98. The molecule has 5 aromatic rings. The molecule has 1 aliphatic heterocycles. The van der Waals surface area contributed by atoms with Crippen LogP contribution in [0.2, 0.25) is 0 Å². The average molecular weight is 744 g/mol. The first-order chi connectivity index (χ1) is 27.0. The van der Waals surface area contributed by atoms with Crippen molar-refractivity contribution in [1.82, 2.24) is 19.9 Å². The van der Waals surface area contributed by atoms with Crippen molar-refractivity contribution >= 4 is 62.5 Å². The number of benzene rings is 5. The van der Waals surface area contributed by atoms with E-state index in [1.54, 1.807) is 24.3 Å². The second-order valence-electron chi connectivity index (χ2n) is 13.5. The van der Waals surface area contributed by atoms with Crippen LogP contribution < -0.4 is 35.9 Å². The second kappa shape index (κ2) is 15.5. The number of aromatic nitrogens is 2. The minimum atomic E-state index is -1.39. The van der Waals surface area contributed by atoms with Gasteiger partial charge in [-0.3, -0.25) is 9.59 Å². The van der Waals surface area contributed by atoms with Crippen LogP contribution in [0.4, 0.5) is 22.9 Å². The molecule has 278 valence electrons. The lowest BCUT2D eigenvalue weighted by Gasteiger charge is -2.20. The largest absolute Gasteiger partial charge is 0.545 e. The van der Waals surface area contributed by atoms with Gasteiger partial charge in [-0.05, 0) is 72.3 Å². The molecule has 0 saturated heterocycles. The van der Waals surface area contributed by atoms with Crippen LogP contribution in [-0.4, -0.2) is 62.5 Å². The standard InChI is InChI=1S/C44H37N7O5/c1-6-26-8-7-9-28(20-26)49-42-36-22-29(11-17-37(36)46-25-47-42)48-40(52)18-19-45-43(53)27-10-14-32(44(54)55)35(21-27)41-33-15-12-30(50(2)3)23-38(33)56-39-24-31(51(4)5)13-16-34(39)41/h1,7-17,20-25H,18-19H2,2-5H3,(H3-,45,46,47,48,49,52,53,54,55). The van der Waals surface area contributed by atoms with Crippen LogP contribution in [0.3, 0.4) is 0 Å². The third-order valence-corrected chi connectivity index (χ3v) is 9.34. The van der Waals surface area contributed by atoms with Crippen LogP contribution >= 0.6 is 0 Å². The normalized spacial score (nSPS) is 10.9. The van der Waals surface area contributed by atoms with Crippen LogP contribution in [0, 0.1) is 12.3 Å². The van der Waals surface area contributed by atoms with Crippen molar-refractivity contribution in [2.45, 2.75) is 6.42 Å². The highest BCUT2D eigenvalue weighted by atomic mass is 16.4. The SMILES string of the molecule is C#Cc1cccc(Nc2ncnc3ccc(NC(=O)CCNC(=O)c4ccc(C(=O)[O-])c(-c5c6ccc(=[N+](C)C)cc-6oc6cc(N(C)C)ccc56)c4)cc23)c1. The molecule has 0 bridgehead atoms. The molecule has 2 amide bonds. The fourth-order valence-corrected chi connectivity index (χ4v) is 6.46. The summed E-state index contributed by atoms with van der Waals surface area (Å²) in [5.74, 6) is 1.51. The van der Waals surface area contributed by atoms with E-state index in [2.05, 4.69) is 31.8 Å². The molecule has 0 spiro atoms. The first-order valence-electron chi connectivity index (χ1n) is 17.7. The minimum absolute atomic E-state index is 0.0218. The maximum absolute atomic E-state index is 13.5. The number of rotatable bonds is 10. The zero-order chi connectivity index (χ0) is 39.5. The lowest BCUT2D eigenvalue weighted by Crippen LogP contribution is -2.28. The topological polar surface area (TPSA) is 156 Å². The zero-order valence-corrected chi connectivity index (χ0v) is 31.1. The minimum Gasteiger partial charge on any atom is -0.545 e. The third-order valence-electron chi connectivity index (χ3n) is 9.34. The van der Waals surface area contributed by atoms with E-state index in [1.807, 2.05) is 98.3 Å². The number of nitrogens with one attached hydrogen (secondary N) is 3. The highest BCUT2D eigenvalue weighted by Gasteiger charge is 2.22. The van der Waals surface area contributed by atoms with E-state index >= 15 is 0 Å². The lowest BCUT2D eigenvalue weighted by atomic mass is 9.89. The molecule has 0 atom stereocenters. The average Bonchev–Trinajstić information content (AvgIpc) is 3.19. The van der Waals surface area contributed by atoms with E-state index in [4.69, 9.17) is 10.8 Å². The molecule has 2 heterocycles. The first-order valence-corrected chi connectivity index (χ1v) is 17.7. The lowest BCUT2D eigenvalue weighted by molar-refractivity contribution is -0.254. The summed E-state index contributed by atoms with van der Waals surface area (Å²) in [6.45, 7) is 0.0218. The van der Waals surface area contributed by atoms with E-state index in [1.165, 1.54) is 18.5 Å². The van der Waals surface area contributed by atoms with Crippen molar-refractivity contribution in [1.29, 1.82) is 0 Å². The van der Waals surface area contributed by atoms with Gasteiger partial charge in [-0.15, -0.1) is 6.42 Å². The van der Waals surface area contributed by atoms with Gasteiger partial charge in [0.25, 0.3) is 5.91 Å².